The summed E-state index contributed by atoms with van der Waals surface area (Å²) in [5.74, 6) is -0.167. The maximum absolute atomic E-state index is 11.8. The van der Waals surface area contributed by atoms with Crippen molar-refractivity contribution in [2.45, 2.75) is 24.2 Å². The van der Waals surface area contributed by atoms with Gasteiger partial charge >= 0.3 is 0 Å². The molecule has 0 radical (unpaired) electrons. The highest BCUT2D eigenvalue weighted by molar-refractivity contribution is 9.09. The molecule has 7 heteroatoms. The first-order valence-corrected chi connectivity index (χ1v) is 9.11. The fraction of sp³-hybridized carbons (Fsp3) is 0.462. The smallest absolute Gasteiger partial charge is 0.240 e. The largest absolute Gasteiger partial charge is 0.370 e. The van der Waals surface area contributed by atoms with Crippen LogP contribution in [0.25, 0.3) is 0 Å². The quantitative estimate of drug-likeness (QED) is 0.656. The van der Waals surface area contributed by atoms with Gasteiger partial charge in [-0.05, 0) is 37.5 Å². The highest BCUT2D eigenvalue weighted by Gasteiger charge is 2.22. The van der Waals surface area contributed by atoms with E-state index in [0.29, 0.717) is 11.3 Å². The van der Waals surface area contributed by atoms with Crippen molar-refractivity contribution >= 4 is 37.4 Å². The summed E-state index contributed by atoms with van der Waals surface area (Å²) in [7, 11) is -3.86. The first-order valence-electron chi connectivity index (χ1n) is 6.44. The van der Waals surface area contributed by atoms with Gasteiger partial charge in [0, 0.05) is 18.7 Å². The molecule has 1 aromatic rings. The summed E-state index contributed by atoms with van der Waals surface area (Å²) in [5.41, 5.74) is 0.949. The third-order valence-electron chi connectivity index (χ3n) is 3.41. The van der Waals surface area contributed by atoms with Crippen molar-refractivity contribution in [1.82, 2.24) is 0 Å². The summed E-state index contributed by atoms with van der Waals surface area (Å²) in [6, 6.07) is 4.71. The van der Waals surface area contributed by atoms with Crippen LogP contribution in [-0.2, 0) is 10.0 Å². The molecule has 0 spiro atoms. The second-order valence-corrected chi connectivity index (χ2v) is 6.92. The van der Waals surface area contributed by atoms with Gasteiger partial charge in [-0.2, -0.15) is 0 Å². The molecule has 0 amide bonds. The van der Waals surface area contributed by atoms with Gasteiger partial charge in [0.15, 0.2) is 5.78 Å². The molecule has 1 aliphatic rings. The van der Waals surface area contributed by atoms with Gasteiger partial charge in [0.2, 0.25) is 10.0 Å². The van der Waals surface area contributed by atoms with E-state index in [9.17, 15) is 13.2 Å². The SMILES string of the molecule is NS(=O)(=O)c1cc(C(=O)CBr)ccc1N1CCCCC1. The van der Waals surface area contributed by atoms with Crippen LogP contribution in [0.3, 0.4) is 0 Å². The average Bonchev–Trinajstić information content (AvgIpc) is 2.46. The number of primary sulfonamides is 1. The molecule has 1 aliphatic heterocycles. The number of nitrogens with zero attached hydrogens (tertiary/aromatic N) is 1. The van der Waals surface area contributed by atoms with E-state index in [-0.39, 0.29) is 16.0 Å². The van der Waals surface area contributed by atoms with E-state index in [1.807, 2.05) is 4.90 Å². The van der Waals surface area contributed by atoms with Gasteiger partial charge in [-0.15, -0.1) is 0 Å². The van der Waals surface area contributed by atoms with Gasteiger partial charge < -0.3 is 4.90 Å². The fourth-order valence-electron chi connectivity index (χ4n) is 2.39. The van der Waals surface area contributed by atoms with Crippen molar-refractivity contribution in [3.05, 3.63) is 23.8 Å². The van der Waals surface area contributed by atoms with Crippen LogP contribution in [0.2, 0.25) is 0 Å². The van der Waals surface area contributed by atoms with Crippen molar-refractivity contribution in [1.29, 1.82) is 0 Å². The number of hydrogen-bond donors (Lipinski definition) is 1. The minimum absolute atomic E-state index is 0.0335. The molecule has 0 saturated carbocycles. The number of hydrogen-bond acceptors (Lipinski definition) is 4. The number of anilines is 1. The highest BCUT2D eigenvalue weighted by Crippen LogP contribution is 2.28. The normalized spacial score (nSPS) is 16.2. The first-order chi connectivity index (χ1) is 9.43. The molecule has 0 atom stereocenters. The molecule has 2 N–H and O–H groups in total. The van der Waals surface area contributed by atoms with Crippen molar-refractivity contribution < 1.29 is 13.2 Å². The summed E-state index contributed by atoms with van der Waals surface area (Å²) < 4.78 is 23.6. The lowest BCUT2D eigenvalue weighted by Crippen LogP contribution is -2.31. The van der Waals surface area contributed by atoms with E-state index in [4.69, 9.17) is 5.14 Å². The Bertz CT molecular complexity index is 610. The maximum Gasteiger partial charge on any atom is 0.240 e. The standard InChI is InChI=1S/C13H17BrN2O3S/c14-9-12(17)10-4-5-11(13(8-10)20(15,18)19)16-6-2-1-3-7-16/h4-5,8H,1-3,6-7,9H2,(H2,15,18,19). The van der Waals surface area contributed by atoms with Crippen LogP contribution < -0.4 is 10.0 Å². The van der Waals surface area contributed by atoms with Crippen LogP contribution in [0.15, 0.2) is 23.1 Å². The number of carbonyl (C=O) groups excluding carboxylic acids is 1. The highest BCUT2D eigenvalue weighted by atomic mass is 79.9. The molecule has 20 heavy (non-hydrogen) atoms. The lowest BCUT2D eigenvalue weighted by Gasteiger charge is -2.30. The van der Waals surface area contributed by atoms with E-state index >= 15 is 0 Å². The molecule has 1 saturated heterocycles. The van der Waals surface area contributed by atoms with Crippen LogP contribution in [0.5, 0.6) is 0 Å². The molecule has 0 aliphatic carbocycles. The molecule has 0 bridgehead atoms. The number of piperidine rings is 1. The Morgan fingerprint density at radius 3 is 2.45 bits per heavy atom. The molecule has 0 unspecified atom stereocenters. The van der Waals surface area contributed by atoms with Gasteiger partial charge in [0.1, 0.15) is 4.90 Å². The molecular weight excluding hydrogens is 344 g/mol. The number of carbonyl (C=O) groups is 1. The number of rotatable bonds is 4. The van der Waals surface area contributed by atoms with Gasteiger partial charge in [0.25, 0.3) is 0 Å². The number of benzene rings is 1. The van der Waals surface area contributed by atoms with Crippen molar-refractivity contribution in [2.75, 3.05) is 23.3 Å². The summed E-state index contributed by atoms with van der Waals surface area (Å²) in [6.07, 6.45) is 3.22. The maximum atomic E-state index is 11.8. The molecule has 2 rings (SSSR count). The molecule has 110 valence electrons. The fourth-order valence-corrected chi connectivity index (χ4v) is 3.49. The summed E-state index contributed by atoms with van der Waals surface area (Å²) in [4.78, 5) is 13.7. The predicted molar refractivity (Wildman–Crippen MR) is 82.0 cm³/mol. The Kier molecular flexibility index (Phi) is 4.82. The Balaban J connectivity index is 2.48. The number of halogens is 1. The topological polar surface area (TPSA) is 80.5 Å². The molecular formula is C13H17BrN2O3S. The second-order valence-electron chi connectivity index (χ2n) is 4.83. The number of sulfonamides is 1. The van der Waals surface area contributed by atoms with Crippen molar-refractivity contribution in [3.8, 4) is 0 Å². The molecule has 1 aromatic carbocycles. The van der Waals surface area contributed by atoms with Gasteiger partial charge in [-0.25, -0.2) is 13.6 Å². The summed E-state index contributed by atoms with van der Waals surface area (Å²) in [5, 5.41) is 5.45. The van der Waals surface area contributed by atoms with Crippen LogP contribution in [0.4, 0.5) is 5.69 Å². The minimum Gasteiger partial charge on any atom is -0.370 e. The monoisotopic (exact) mass is 360 g/mol. The van der Waals surface area contributed by atoms with Gasteiger partial charge in [-0.1, -0.05) is 15.9 Å². The number of nitrogens with two attached hydrogens (primary N) is 1. The zero-order valence-corrected chi connectivity index (χ0v) is 13.4. The lowest BCUT2D eigenvalue weighted by molar-refractivity contribution is 0.102. The predicted octanol–water partition coefficient (Wildman–Crippen LogP) is 1.90. The Morgan fingerprint density at radius 1 is 1.25 bits per heavy atom. The Hall–Kier alpha value is -0.920. The molecule has 5 nitrogen and oxygen atoms in total. The summed E-state index contributed by atoms with van der Waals surface area (Å²) in [6.45, 7) is 1.63. The average molecular weight is 361 g/mol. The van der Waals surface area contributed by atoms with E-state index in [1.165, 1.54) is 6.07 Å². The van der Waals surface area contributed by atoms with Crippen LogP contribution >= 0.6 is 15.9 Å². The van der Waals surface area contributed by atoms with E-state index < -0.39 is 10.0 Å². The van der Waals surface area contributed by atoms with E-state index in [2.05, 4.69) is 15.9 Å². The zero-order chi connectivity index (χ0) is 14.8. The molecule has 0 aromatic heterocycles. The molecule has 1 fully saturated rings. The van der Waals surface area contributed by atoms with Crippen molar-refractivity contribution in [3.63, 3.8) is 0 Å². The van der Waals surface area contributed by atoms with Crippen LogP contribution in [0.1, 0.15) is 29.6 Å². The van der Waals surface area contributed by atoms with Gasteiger partial charge in [-0.3, -0.25) is 4.79 Å². The van der Waals surface area contributed by atoms with E-state index in [1.54, 1.807) is 12.1 Å². The van der Waals surface area contributed by atoms with Crippen LogP contribution in [-0.4, -0.2) is 32.6 Å². The minimum atomic E-state index is -3.86. The van der Waals surface area contributed by atoms with Crippen LogP contribution in [0, 0.1) is 0 Å². The number of ketones is 1. The Morgan fingerprint density at radius 2 is 1.90 bits per heavy atom. The summed E-state index contributed by atoms with van der Waals surface area (Å²) >= 11 is 3.08. The molecule has 1 heterocycles. The first kappa shape index (κ1) is 15.5. The lowest BCUT2D eigenvalue weighted by atomic mass is 10.1. The third-order valence-corrected chi connectivity index (χ3v) is 4.86. The number of alkyl halides is 1. The van der Waals surface area contributed by atoms with Crippen molar-refractivity contribution in [2.24, 2.45) is 5.14 Å². The van der Waals surface area contributed by atoms with Gasteiger partial charge in [0.05, 0.1) is 11.0 Å². The Labute approximate surface area is 127 Å². The zero-order valence-electron chi connectivity index (χ0n) is 11.0. The second kappa shape index (κ2) is 6.24. The third kappa shape index (κ3) is 3.39. The van der Waals surface area contributed by atoms with E-state index in [0.717, 1.165) is 32.4 Å². The number of Topliss-reactive ketones (excluding diaryl/α,β-unsaturated/α-hetero) is 1.